The van der Waals surface area contributed by atoms with Gasteiger partial charge in [-0.05, 0) is 18.9 Å². The lowest BCUT2D eigenvalue weighted by atomic mass is 10.1. The van der Waals surface area contributed by atoms with Gasteiger partial charge in [0.2, 0.25) is 0 Å². The Balaban J connectivity index is 3.47. The molecule has 0 radical (unpaired) electrons. The Kier molecular flexibility index (Phi) is 6.98. The third-order valence-corrected chi connectivity index (χ3v) is 1.36. The lowest BCUT2D eigenvalue weighted by Crippen LogP contribution is -2.07. The number of allylic oxidation sites excluding steroid dienone is 3. The highest BCUT2D eigenvalue weighted by Crippen LogP contribution is 2.00. The minimum absolute atomic E-state index is 0.125. The van der Waals surface area contributed by atoms with Crippen molar-refractivity contribution in [2.45, 2.75) is 27.2 Å². The van der Waals surface area contributed by atoms with Gasteiger partial charge < -0.3 is 4.74 Å². The van der Waals surface area contributed by atoms with Gasteiger partial charge in [-0.25, -0.2) is 0 Å². The fourth-order valence-electron chi connectivity index (χ4n) is 0.779. The van der Waals surface area contributed by atoms with Crippen molar-refractivity contribution in [3.63, 3.8) is 0 Å². The molecule has 0 aromatic heterocycles. The molecule has 0 bridgehead atoms. The van der Waals surface area contributed by atoms with Crippen LogP contribution in [0.15, 0.2) is 24.3 Å². The second-order valence-corrected chi connectivity index (χ2v) is 3.23. The zero-order valence-electron chi connectivity index (χ0n) is 8.62. The third kappa shape index (κ3) is 8.86. The van der Waals surface area contributed by atoms with E-state index in [2.05, 4.69) is 0 Å². The first-order valence-corrected chi connectivity index (χ1v) is 4.60. The van der Waals surface area contributed by atoms with Crippen molar-refractivity contribution in [1.82, 2.24) is 0 Å². The summed E-state index contributed by atoms with van der Waals surface area (Å²) in [5.41, 5.74) is 0. The van der Waals surface area contributed by atoms with Crippen LogP contribution in [0.25, 0.3) is 0 Å². The minimum Gasteiger partial charge on any atom is -0.461 e. The molecule has 0 saturated heterocycles. The van der Waals surface area contributed by atoms with Gasteiger partial charge in [0.1, 0.15) is 6.61 Å². The minimum atomic E-state index is -0.125. The van der Waals surface area contributed by atoms with Crippen molar-refractivity contribution >= 4 is 5.97 Å². The van der Waals surface area contributed by atoms with E-state index in [1.807, 2.05) is 45.1 Å². The summed E-state index contributed by atoms with van der Waals surface area (Å²) in [6.07, 6.45) is 8.00. The molecule has 0 aliphatic carbocycles. The molecule has 2 heteroatoms. The second kappa shape index (κ2) is 7.59. The first-order chi connectivity index (χ1) is 6.16. The van der Waals surface area contributed by atoms with E-state index < -0.39 is 0 Å². The number of hydrogen-bond donors (Lipinski definition) is 0. The second-order valence-electron chi connectivity index (χ2n) is 3.23. The standard InChI is InChI=1S/C11H18O2/c1-4-5-6-7-8-13-11(12)9-10(2)3/h4-7,10H,8-9H2,1-3H3/b5-4+,7-6-. The Morgan fingerprint density at radius 3 is 2.62 bits per heavy atom. The summed E-state index contributed by atoms with van der Waals surface area (Å²) in [7, 11) is 0. The monoisotopic (exact) mass is 182 g/mol. The van der Waals surface area contributed by atoms with Gasteiger partial charge in [-0.1, -0.05) is 32.1 Å². The maximum Gasteiger partial charge on any atom is 0.306 e. The Hall–Kier alpha value is -1.05. The Labute approximate surface area is 80.3 Å². The maximum absolute atomic E-state index is 11.0. The van der Waals surface area contributed by atoms with Crippen molar-refractivity contribution in [1.29, 1.82) is 0 Å². The zero-order chi connectivity index (χ0) is 10.1. The molecule has 2 nitrogen and oxygen atoms in total. The van der Waals surface area contributed by atoms with Crippen LogP contribution in [0.2, 0.25) is 0 Å². The van der Waals surface area contributed by atoms with E-state index in [1.54, 1.807) is 0 Å². The number of ether oxygens (including phenoxy) is 1. The lowest BCUT2D eigenvalue weighted by molar-refractivity contribution is -0.143. The summed E-state index contributed by atoms with van der Waals surface area (Å²) in [4.78, 5) is 11.0. The summed E-state index contributed by atoms with van der Waals surface area (Å²) in [6.45, 7) is 6.30. The molecule has 0 aromatic rings. The molecule has 0 spiro atoms. The van der Waals surface area contributed by atoms with Gasteiger partial charge in [-0.3, -0.25) is 4.79 Å². The molecule has 0 saturated carbocycles. The van der Waals surface area contributed by atoms with Crippen LogP contribution in [0.4, 0.5) is 0 Å². The van der Waals surface area contributed by atoms with Gasteiger partial charge in [-0.2, -0.15) is 0 Å². The summed E-state index contributed by atoms with van der Waals surface area (Å²) in [5.74, 6) is 0.243. The Morgan fingerprint density at radius 2 is 2.08 bits per heavy atom. The third-order valence-electron chi connectivity index (χ3n) is 1.36. The number of esters is 1. The average molecular weight is 182 g/mol. The highest BCUT2D eigenvalue weighted by atomic mass is 16.5. The van der Waals surface area contributed by atoms with Crippen LogP contribution in [0, 0.1) is 5.92 Å². The smallest absolute Gasteiger partial charge is 0.306 e. The van der Waals surface area contributed by atoms with E-state index in [9.17, 15) is 4.79 Å². The van der Waals surface area contributed by atoms with Crippen LogP contribution in [0.5, 0.6) is 0 Å². The lowest BCUT2D eigenvalue weighted by Gasteiger charge is -2.03. The van der Waals surface area contributed by atoms with Crippen LogP contribution in [0.3, 0.4) is 0 Å². The van der Waals surface area contributed by atoms with E-state index >= 15 is 0 Å². The summed E-state index contributed by atoms with van der Waals surface area (Å²) in [5, 5.41) is 0. The number of carbonyl (C=O) groups is 1. The molecule has 0 aliphatic rings. The molecule has 0 heterocycles. The van der Waals surface area contributed by atoms with Crippen molar-refractivity contribution in [3.8, 4) is 0 Å². The van der Waals surface area contributed by atoms with Gasteiger partial charge in [0.15, 0.2) is 0 Å². The maximum atomic E-state index is 11.0. The summed E-state index contributed by atoms with van der Waals surface area (Å²) < 4.78 is 4.94. The molecule has 0 aliphatic heterocycles. The largest absolute Gasteiger partial charge is 0.461 e. The van der Waals surface area contributed by atoms with Crippen LogP contribution in [-0.2, 0) is 9.53 Å². The Bertz CT molecular complexity index is 190. The molecule has 13 heavy (non-hydrogen) atoms. The Morgan fingerprint density at radius 1 is 1.38 bits per heavy atom. The van der Waals surface area contributed by atoms with Crippen LogP contribution >= 0.6 is 0 Å². The van der Waals surface area contributed by atoms with Gasteiger partial charge in [0.05, 0.1) is 0 Å². The molecular formula is C11H18O2. The van der Waals surface area contributed by atoms with Gasteiger partial charge in [0.25, 0.3) is 0 Å². The molecule has 0 rings (SSSR count). The number of rotatable bonds is 5. The molecule has 74 valence electrons. The van der Waals surface area contributed by atoms with Crippen molar-refractivity contribution in [2.75, 3.05) is 6.61 Å². The molecule has 0 atom stereocenters. The normalized spacial score (nSPS) is 11.7. The van der Waals surface area contributed by atoms with Crippen molar-refractivity contribution in [2.24, 2.45) is 5.92 Å². The van der Waals surface area contributed by atoms with Gasteiger partial charge in [0, 0.05) is 6.42 Å². The van der Waals surface area contributed by atoms with E-state index in [-0.39, 0.29) is 5.97 Å². The first kappa shape index (κ1) is 11.9. The predicted molar refractivity (Wildman–Crippen MR) is 54.4 cm³/mol. The molecule has 0 unspecified atom stereocenters. The fourth-order valence-corrected chi connectivity index (χ4v) is 0.779. The summed E-state index contributed by atoms with van der Waals surface area (Å²) in [6, 6.07) is 0. The first-order valence-electron chi connectivity index (χ1n) is 4.60. The van der Waals surface area contributed by atoms with E-state index in [0.717, 1.165) is 0 Å². The van der Waals surface area contributed by atoms with Gasteiger partial charge in [-0.15, -0.1) is 0 Å². The predicted octanol–water partition coefficient (Wildman–Crippen LogP) is 2.71. The molecule has 0 fully saturated rings. The van der Waals surface area contributed by atoms with Crippen LogP contribution in [-0.4, -0.2) is 12.6 Å². The van der Waals surface area contributed by atoms with E-state index in [4.69, 9.17) is 4.74 Å². The summed E-state index contributed by atoms with van der Waals surface area (Å²) >= 11 is 0. The number of carbonyl (C=O) groups excluding carboxylic acids is 1. The van der Waals surface area contributed by atoms with E-state index in [1.165, 1.54) is 0 Å². The molecule has 0 aromatic carbocycles. The highest BCUT2D eigenvalue weighted by molar-refractivity contribution is 5.69. The zero-order valence-corrected chi connectivity index (χ0v) is 8.62. The average Bonchev–Trinajstić information content (AvgIpc) is 2.02. The molecular weight excluding hydrogens is 164 g/mol. The highest BCUT2D eigenvalue weighted by Gasteiger charge is 2.03. The van der Waals surface area contributed by atoms with E-state index in [0.29, 0.717) is 18.9 Å². The SMILES string of the molecule is C/C=C/C=C\COC(=O)CC(C)C. The van der Waals surface area contributed by atoms with Crippen LogP contribution < -0.4 is 0 Å². The quantitative estimate of drug-likeness (QED) is 0.482. The van der Waals surface area contributed by atoms with Crippen LogP contribution in [0.1, 0.15) is 27.2 Å². The number of hydrogen-bond acceptors (Lipinski definition) is 2. The van der Waals surface area contributed by atoms with Gasteiger partial charge >= 0.3 is 5.97 Å². The molecule has 0 amide bonds. The molecule has 0 N–H and O–H groups in total. The van der Waals surface area contributed by atoms with Crippen molar-refractivity contribution in [3.05, 3.63) is 24.3 Å². The topological polar surface area (TPSA) is 26.3 Å². The van der Waals surface area contributed by atoms with Crippen molar-refractivity contribution < 1.29 is 9.53 Å². The fraction of sp³-hybridized carbons (Fsp3) is 0.545.